The number of rotatable bonds is 5. The summed E-state index contributed by atoms with van der Waals surface area (Å²) in [6.45, 7) is 6.46. The highest BCUT2D eigenvalue weighted by Gasteiger charge is 2.35. The van der Waals surface area contributed by atoms with E-state index in [1.165, 1.54) is 7.11 Å². The minimum atomic E-state index is -0.391. The molecule has 1 N–H and O–H groups in total. The zero-order chi connectivity index (χ0) is 20.3. The molecule has 3 rings (SSSR count). The van der Waals surface area contributed by atoms with E-state index >= 15 is 0 Å². The monoisotopic (exact) mass is 396 g/mol. The van der Waals surface area contributed by atoms with Crippen LogP contribution in [0.4, 0.5) is 5.69 Å². The number of ether oxygens (including phenoxy) is 2. The van der Waals surface area contributed by atoms with Gasteiger partial charge < -0.3 is 14.8 Å². The molecule has 1 unspecified atom stereocenters. The first kappa shape index (κ1) is 19.9. The Bertz CT molecular complexity index is 904. The number of nitrogens with one attached hydrogen (secondary N) is 1. The molecule has 28 heavy (non-hydrogen) atoms. The Balaban J connectivity index is 2.05. The van der Waals surface area contributed by atoms with Crippen LogP contribution in [0.15, 0.2) is 59.8 Å². The lowest BCUT2D eigenvalue weighted by molar-refractivity contribution is -0.136. The number of allylic oxidation sites excluding steroid dienone is 1. The quantitative estimate of drug-likeness (QED) is 0.601. The van der Waals surface area contributed by atoms with Gasteiger partial charge in [0.2, 0.25) is 0 Å². The number of anilines is 1. The number of carbonyl (C=O) groups excluding carboxylic acids is 1. The topological polar surface area (TPSA) is 50.8 Å². The second kappa shape index (κ2) is 8.44. The van der Waals surface area contributed by atoms with E-state index in [1.54, 1.807) is 0 Å². The van der Waals surface area contributed by atoms with Gasteiger partial charge in [-0.15, -0.1) is 0 Å². The summed E-state index contributed by atoms with van der Waals surface area (Å²) in [6, 6.07) is 15.3. The second-order valence-corrected chi connectivity index (χ2v) is 6.93. The minimum Gasteiger partial charge on any atom is -0.494 e. The molecule has 1 atom stereocenters. The maximum Gasteiger partial charge on any atom is 0.337 e. The molecule has 5 nitrogen and oxygen atoms in total. The minimum absolute atomic E-state index is 0.386. The molecule has 0 aliphatic carbocycles. The molecule has 0 fully saturated rings. The van der Waals surface area contributed by atoms with Gasteiger partial charge in [-0.1, -0.05) is 29.8 Å². The molecule has 0 saturated heterocycles. The van der Waals surface area contributed by atoms with Gasteiger partial charge in [-0.2, -0.15) is 0 Å². The highest BCUT2D eigenvalue weighted by atomic mass is 32.1. The molecule has 146 valence electrons. The van der Waals surface area contributed by atoms with Gasteiger partial charge in [0, 0.05) is 11.4 Å². The van der Waals surface area contributed by atoms with Crippen LogP contribution in [0.25, 0.3) is 0 Å². The maximum absolute atomic E-state index is 12.7. The summed E-state index contributed by atoms with van der Waals surface area (Å²) in [6.07, 6.45) is 0. The Morgan fingerprint density at radius 3 is 2.32 bits per heavy atom. The number of thiocarbonyl (C=S) groups is 1. The number of carbonyl (C=O) groups is 1. The first-order valence-electron chi connectivity index (χ1n) is 9.15. The van der Waals surface area contributed by atoms with Crippen molar-refractivity contribution in [2.45, 2.75) is 26.8 Å². The lowest BCUT2D eigenvalue weighted by atomic mass is 9.94. The second-order valence-electron chi connectivity index (χ2n) is 6.55. The number of benzene rings is 2. The number of nitrogens with zero attached hydrogens (tertiary/aromatic N) is 1. The Hall–Kier alpha value is -2.86. The summed E-state index contributed by atoms with van der Waals surface area (Å²) < 4.78 is 10.6. The van der Waals surface area contributed by atoms with E-state index in [2.05, 4.69) is 5.32 Å². The first-order chi connectivity index (χ1) is 13.5. The van der Waals surface area contributed by atoms with E-state index in [4.69, 9.17) is 21.7 Å². The van der Waals surface area contributed by atoms with E-state index in [0.717, 1.165) is 28.3 Å². The van der Waals surface area contributed by atoms with Crippen LogP contribution in [0.5, 0.6) is 5.75 Å². The highest BCUT2D eigenvalue weighted by Crippen LogP contribution is 2.34. The van der Waals surface area contributed by atoms with Gasteiger partial charge >= 0.3 is 5.97 Å². The van der Waals surface area contributed by atoms with Crippen molar-refractivity contribution in [3.8, 4) is 5.75 Å². The number of hydrogen-bond acceptors (Lipinski definition) is 4. The van der Waals surface area contributed by atoms with Gasteiger partial charge in [0.15, 0.2) is 5.11 Å². The smallest absolute Gasteiger partial charge is 0.337 e. The standard InChI is InChI=1S/C22H24N2O3S/c1-5-27-18-12-8-16(9-13-18)20-19(21(25)26-4)15(3)24(22(28)23-20)17-10-6-14(2)7-11-17/h6-13,20H,5H2,1-4H3,(H,23,28). The average molecular weight is 397 g/mol. The van der Waals surface area contributed by atoms with Crippen LogP contribution in [0, 0.1) is 6.92 Å². The SMILES string of the molecule is CCOc1ccc(C2NC(=S)N(c3ccc(C)cc3)C(C)=C2C(=O)OC)cc1. The third kappa shape index (κ3) is 3.87. The molecule has 0 radical (unpaired) electrons. The van der Waals surface area contributed by atoms with Crippen LogP contribution in [-0.4, -0.2) is 24.8 Å². The van der Waals surface area contributed by atoms with Crippen LogP contribution in [0.1, 0.15) is 31.0 Å². The molecule has 1 aliphatic heterocycles. The molecule has 2 aromatic carbocycles. The van der Waals surface area contributed by atoms with E-state index < -0.39 is 6.04 Å². The Kier molecular flexibility index (Phi) is 5.99. The molecule has 0 spiro atoms. The zero-order valence-corrected chi connectivity index (χ0v) is 17.3. The van der Waals surface area contributed by atoms with Crippen molar-refractivity contribution in [2.24, 2.45) is 0 Å². The molecule has 1 aliphatic rings. The maximum atomic E-state index is 12.7. The summed E-state index contributed by atoms with van der Waals surface area (Å²) >= 11 is 5.64. The summed E-state index contributed by atoms with van der Waals surface area (Å²) in [7, 11) is 1.39. The molecule has 1 heterocycles. The first-order valence-corrected chi connectivity index (χ1v) is 9.56. The summed E-state index contributed by atoms with van der Waals surface area (Å²) in [5, 5.41) is 3.84. The van der Waals surface area contributed by atoms with Crippen LogP contribution in [0.2, 0.25) is 0 Å². The molecule has 0 amide bonds. The van der Waals surface area contributed by atoms with Crippen LogP contribution >= 0.6 is 12.2 Å². The Morgan fingerprint density at radius 2 is 1.75 bits per heavy atom. The van der Waals surface area contributed by atoms with Crippen molar-refractivity contribution in [1.82, 2.24) is 5.32 Å². The van der Waals surface area contributed by atoms with Gasteiger partial charge in [-0.25, -0.2) is 4.79 Å². The summed E-state index contributed by atoms with van der Waals surface area (Å²) in [4.78, 5) is 14.5. The van der Waals surface area contributed by atoms with Crippen molar-refractivity contribution < 1.29 is 14.3 Å². The van der Waals surface area contributed by atoms with Crippen molar-refractivity contribution in [3.63, 3.8) is 0 Å². The number of methoxy groups -OCH3 is 1. The van der Waals surface area contributed by atoms with Crippen molar-refractivity contribution in [2.75, 3.05) is 18.6 Å². The zero-order valence-electron chi connectivity index (χ0n) is 16.5. The molecule has 0 bridgehead atoms. The molecular weight excluding hydrogens is 372 g/mol. The van der Waals surface area contributed by atoms with Gasteiger partial charge in [0.05, 0.1) is 25.3 Å². The van der Waals surface area contributed by atoms with Crippen LogP contribution < -0.4 is 15.0 Å². The van der Waals surface area contributed by atoms with Gasteiger partial charge in [-0.05, 0) is 62.8 Å². The predicted molar refractivity (Wildman–Crippen MR) is 114 cm³/mol. The number of esters is 1. The Labute approximate surface area is 170 Å². The molecule has 0 aromatic heterocycles. The van der Waals surface area contributed by atoms with E-state index in [0.29, 0.717) is 17.3 Å². The predicted octanol–water partition coefficient (Wildman–Crippen LogP) is 4.28. The fraction of sp³-hybridized carbons (Fsp3) is 0.273. The van der Waals surface area contributed by atoms with E-state index in [9.17, 15) is 4.79 Å². The fourth-order valence-electron chi connectivity index (χ4n) is 3.30. The normalized spacial score (nSPS) is 16.6. The average Bonchev–Trinajstić information content (AvgIpc) is 2.69. The lowest BCUT2D eigenvalue weighted by Crippen LogP contribution is -2.48. The van der Waals surface area contributed by atoms with E-state index in [1.807, 2.05) is 74.2 Å². The molecule has 0 saturated carbocycles. The van der Waals surface area contributed by atoms with Crippen molar-refractivity contribution >= 4 is 29.0 Å². The molecule has 6 heteroatoms. The third-order valence-corrected chi connectivity index (χ3v) is 5.01. The summed E-state index contributed by atoms with van der Waals surface area (Å²) in [5.74, 6) is 0.398. The van der Waals surface area contributed by atoms with Gasteiger partial charge in [0.25, 0.3) is 0 Å². The van der Waals surface area contributed by atoms with Crippen molar-refractivity contribution in [3.05, 3.63) is 70.9 Å². The fourth-order valence-corrected chi connectivity index (χ4v) is 3.66. The van der Waals surface area contributed by atoms with Crippen LogP contribution in [0.3, 0.4) is 0 Å². The molecular formula is C22H24N2O3S. The number of aryl methyl sites for hydroxylation is 1. The lowest BCUT2D eigenvalue weighted by Gasteiger charge is -2.37. The molecule has 2 aromatic rings. The summed E-state index contributed by atoms with van der Waals surface area (Å²) in [5.41, 5.74) is 4.24. The van der Waals surface area contributed by atoms with E-state index in [-0.39, 0.29) is 5.97 Å². The van der Waals surface area contributed by atoms with Gasteiger partial charge in [-0.3, -0.25) is 4.90 Å². The Morgan fingerprint density at radius 1 is 1.11 bits per heavy atom. The van der Waals surface area contributed by atoms with Crippen LogP contribution in [-0.2, 0) is 9.53 Å². The largest absolute Gasteiger partial charge is 0.494 e. The highest BCUT2D eigenvalue weighted by molar-refractivity contribution is 7.80. The third-order valence-electron chi connectivity index (χ3n) is 4.71. The van der Waals surface area contributed by atoms with Crippen molar-refractivity contribution in [1.29, 1.82) is 0 Å². The number of hydrogen-bond donors (Lipinski definition) is 1. The van der Waals surface area contributed by atoms with Gasteiger partial charge in [0.1, 0.15) is 5.75 Å².